The summed E-state index contributed by atoms with van der Waals surface area (Å²) in [5.74, 6) is 1.16. The van der Waals surface area contributed by atoms with Crippen LogP contribution in [0.5, 0.6) is 0 Å². The third-order valence-electron chi connectivity index (χ3n) is 10.5. The lowest BCUT2D eigenvalue weighted by Gasteiger charge is -2.33. The highest BCUT2D eigenvalue weighted by atomic mass is 32.1. The highest BCUT2D eigenvalue weighted by Gasteiger charge is 2.44. The molecule has 3 aromatic heterocycles. The second-order valence-electron chi connectivity index (χ2n) is 13.6. The summed E-state index contributed by atoms with van der Waals surface area (Å²) in [5.41, 5.74) is 4.46. The average molecular weight is 666 g/mol. The molecule has 6 heterocycles. The van der Waals surface area contributed by atoms with Crippen molar-refractivity contribution in [3.05, 3.63) is 46.0 Å². The van der Waals surface area contributed by atoms with Gasteiger partial charge in [-0.25, -0.2) is 4.98 Å². The Morgan fingerprint density at radius 1 is 1.09 bits per heavy atom. The van der Waals surface area contributed by atoms with E-state index < -0.39 is 12.6 Å². The molecular formula is C34H42F3N9S. The van der Waals surface area contributed by atoms with Crippen molar-refractivity contribution in [3.63, 3.8) is 0 Å². The molecule has 4 aromatic rings. The van der Waals surface area contributed by atoms with Crippen LogP contribution in [0, 0.1) is 23.7 Å². The standard InChI is InChI=1S/C34H42F3N9S/c1-22(44-12-8-40-9-13-44)18-46-25(17-38)14-27-23(2)24(4-5-29(27)46)19-43-10-6-33(20-43)7-11-45(21-33)30-28-15-26(16-34(35,36)37)47-31(28)42-32(39-3)41-30/h4-5,14-15,22,40H,6-13,16,18-21H2,1-3H3,(H,39,41,42)/t22-,33?/m0/s1. The van der Waals surface area contributed by atoms with E-state index in [4.69, 9.17) is 4.98 Å². The van der Waals surface area contributed by atoms with E-state index in [9.17, 15) is 18.4 Å². The van der Waals surface area contributed by atoms with Crippen molar-refractivity contribution >= 4 is 44.2 Å². The van der Waals surface area contributed by atoms with Crippen molar-refractivity contribution in [2.75, 3.05) is 69.6 Å². The van der Waals surface area contributed by atoms with E-state index in [0.29, 0.717) is 27.9 Å². The Balaban J connectivity index is 1.07. The second-order valence-corrected chi connectivity index (χ2v) is 14.8. The van der Waals surface area contributed by atoms with Crippen LogP contribution in [0.2, 0.25) is 0 Å². The molecule has 7 rings (SSSR count). The quantitative estimate of drug-likeness (QED) is 0.260. The molecule has 3 fully saturated rings. The number of hydrogen-bond donors (Lipinski definition) is 2. The first-order valence-electron chi connectivity index (χ1n) is 16.5. The highest BCUT2D eigenvalue weighted by molar-refractivity contribution is 7.18. The van der Waals surface area contributed by atoms with E-state index in [1.807, 2.05) is 0 Å². The number of anilines is 2. The van der Waals surface area contributed by atoms with E-state index in [0.717, 1.165) is 106 Å². The Labute approximate surface area is 277 Å². The number of aryl methyl sites for hydroxylation is 1. The van der Waals surface area contributed by atoms with Gasteiger partial charge in [-0.15, -0.1) is 11.3 Å². The smallest absolute Gasteiger partial charge is 0.357 e. The number of fused-ring (bicyclic) bond motifs is 2. The summed E-state index contributed by atoms with van der Waals surface area (Å²) in [6.45, 7) is 13.7. The van der Waals surface area contributed by atoms with Crippen molar-refractivity contribution in [1.29, 1.82) is 5.26 Å². The number of nitrogens with zero attached hydrogens (tertiary/aromatic N) is 7. The first kappa shape index (κ1) is 32.1. The van der Waals surface area contributed by atoms with Gasteiger partial charge in [0.2, 0.25) is 5.95 Å². The molecule has 13 heteroatoms. The largest absolute Gasteiger partial charge is 0.393 e. The van der Waals surface area contributed by atoms with Crippen molar-refractivity contribution in [1.82, 2.24) is 29.7 Å². The van der Waals surface area contributed by atoms with Gasteiger partial charge in [-0.1, -0.05) is 6.07 Å². The molecule has 0 radical (unpaired) electrons. The third-order valence-corrected chi connectivity index (χ3v) is 11.5. The van der Waals surface area contributed by atoms with Crippen LogP contribution in [0.15, 0.2) is 24.3 Å². The minimum atomic E-state index is -4.26. The maximum Gasteiger partial charge on any atom is 0.393 e. The Bertz CT molecular complexity index is 1820. The molecule has 250 valence electrons. The summed E-state index contributed by atoms with van der Waals surface area (Å²) in [5, 5.41) is 18.3. The Kier molecular flexibility index (Phi) is 8.57. The van der Waals surface area contributed by atoms with E-state index in [2.05, 4.69) is 73.0 Å². The highest BCUT2D eigenvalue weighted by Crippen LogP contribution is 2.44. The lowest BCUT2D eigenvalue weighted by molar-refractivity contribution is -0.126. The van der Waals surface area contributed by atoms with Crippen molar-refractivity contribution < 1.29 is 13.2 Å². The summed E-state index contributed by atoms with van der Waals surface area (Å²) < 4.78 is 41.7. The van der Waals surface area contributed by atoms with Crippen molar-refractivity contribution in [2.45, 2.75) is 58.4 Å². The number of likely N-dealkylation sites (tertiary alicyclic amines) is 1. The third kappa shape index (κ3) is 6.40. The van der Waals surface area contributed by atoms with Gasteiger partial charge in [-0.3, -0.25) is 9.80 Å². The van der Waals surface area contributed by atoms with E-state index in [1.54, 1.807) is 13.1 Å². The maximum atomic E-state index is 13.2. The molecule has 0 saturated carbocycles. The van der Waals surface area contributed by atoms with Crippen molar-refractivity contribution in [3.8, 4) is 6.07 Å². The van der Waals surface area contributed by atoms with Crippen LogP contribution in [-0.4, -0.2) is 96.0 Å². The fourth-order valence-corrected chi connectivity index (χ4v) is 8.98. The lowest BCUT2D eigenvalue weighted by Crippen LogP contribution is -2.48. The predicted molar refractivity (Wildman–Crippen MR) is 181 cm³/mol. The molecule has 1 spiro atoms. The fraction of sp³-hybridized carbons (Fsp3) is 0.559. The molecule has 47 heavy (non-hydrogen) atoms. The molecular weight excluding hydrogens is 623 g/mol. The van der Waals surface area contributed by atoms with Gasteiger partial charge in [0, 0.05) is 93.2 Å². The molecule has 0 bridgehead atoms. The Hall–Kier alpha value is -3.44. The SMILES string of the molecule is CNc1nc(N2CCC3(CCN(Cc4ccc5c(cc(C#N)n5C[C@H](C)N5CCNCC5)c4C)C3)C2)c2cc(CC(F)(F)F)sc2n1. The van der Waals surface area contributed by atoms with Crippen LogP contribution < -0.4 is 15.5 Å². The normalized spacial score (nSPS) is 21.8. The molecule has 0 aliphatic carbocycles. The number of nitrogens with one attached hydrogen (secondary N) is 2. The summed E-state index contributed by atoms with van der Waals surface area (Å²) >= 11 is 1.10. The van der Waals surface area contributed by atoms with E-state index in [1.165, 1.54) is 11.1 Å². The number of thiophene rings is 1. The first-order valence-corrected chi connectivity index (χ1v) is 17.4. The van der Waals surface area contributed by atoms with Crippen LogP contribution in [-0.2, 0) is 19.5 Å². The zero-order valence-corrected chi connectivity index (χ0v) is 28.1. The summed E-state index contributed by atoms with van der Waals surface area (Å²) in [7, 11) is 1.74. The molecule has 3 aliphatic rings. The minimum Gasteiger partial charge on any atom is -0.357 e. The van der Waals surface area contributed by atoms with Crippen molar-refractivity contribution in [2.24, 2.45) is 5.41 Å². The molecule has 3 saturated heterocycles. The molecule has 2 N–H and O–H groups in total. The predicted octanol–water partition coefficient (Wildman–Crippen LogP) is 5.37. The molecule has 1 aromatic carbocycles. The van der Waals surface area contributed by atoms with Gasteiger partial charge in [-0.2, -0.15) is 23.4 Å². The van der Waals surface area contributed by atoms with Gasteiger partial charge in [0.1, 0.15) is 22.4 Å². The Morgan fingerprint density at radius 2 is 1.87 bits per heavy atom. The number of benzene rings is 1. The van der Waals surface area contributed by atoms with E-state index in [-0.39, 0.29) is 10.3 Å². The van der Waals surface area contributed by atoms with Crippen LogP contribution in [0.3, 0.4) is 0 Å². The zero-order chi connectivity index (χ0) is 32.9. The number of rotatable bonds is 8. The lowest BCUT2D eigenvalue weighted by atomic mass is 9.86. The molecule has 9 nitrogen and oxygen atoms in total. The topological polar surface area (TPSA) is 88.3 Å². The molecule has 0 amide bonds. The number of piperazine rings is 1. The molecule has 2 atom stereocenters. The monoisotopic (exact) mass is 665 g/mol. The van der Waals surface area contributed by atoms with Gasteiger partial charge in [0.05, 0.1) is 11.8 Å². The second kappa shape index (κ2) is 12.5. The summed E-state index contributed by atoms with van der Waals surface area (Å²) in [6, 6.07) is 10.9. The number of aromatic nitrogens is 3. The minimum absolute atomic E-state index is 0.108. The van der Waals surface area contributed by atoms with Crippen LogP contribution >= 0.6 is 11.3 Å². The summed E-state index contributed by atoms with van der Waals surface area (Å²) in [6.07, 6.45) is -3.13. The van der Waals surface area contributed by atoms with Gasteiger partial charge < -0.3 is 20.1 Å². The van der Waals surface area contributed by atoms with Crippen LogP contribution in [0.4, 0.5) is 24.9 Å². The Morgan fingerprint density at radius 3 is 2.62 bits per heavy atom. The zero-order valence-electron chi connectivity index (χ0n) is 27.3. The fourth-order valence-electron chi connectivity index (χ4n) is 7.93. The van der Waals surface area contributed by atoms with Gasteiger partial charge >= 0.3 is 6.18 Å². The first-order chi connectivity index (χ1) is 22.5. The maximum absolute atomic E-state index is 13.2. The number of halogens is 3. The van der Waals surface area contributed by atoms with Crippen LogP contribution in [0.25, 0.3) is 21.1 Å². The van der Waals surface area contributed by atoms with Crippen LogP contribution in [0.1, 0.15) is 41.5 Å². The van der Waals surface area contributed by atoms with Gasteiger partial charge in [0.25, 0.3) is 0 Å². The van der Waals surface area contributed by atoms with Gasteiger partial charge in [-0.05, 0) is 62.6 Å². The average Bonchev–Trinajstić information content (AvgIpc) is 3.83. The molecule has 1 unspecified atom stereocenters. The van der Waals surface area contributed by atoms with Gasteiger partial charge in [0.15, 0.2) is 0 Å². The number of alkyl halides is 3. The summed E-state index contributed by atoms with van der Waals surface area (Å²) in [4.78, 5) is 17.3. The number of hydrogen-bond acceptors (Lipinski definition) is 9. The van der Waals surface area contributed by atoms with E-state index >= 15 is 0 Å². The number of nitriles is 1. The molecule has 3 aliphatic heterocycles.